The predicted octanol–water partition coefficient (Wildman–Crippen LogP) is 1.62. The van der Waals surface area contributed by atoms with E-state index in [1.165, 1.54) is 4.31 Å². The number of hydrogen-bond donors (Lipinski definition) is 1. The molecule has 0 bridgehead atoms. The van der Waals surface area contributed by atoms with Gasteiger partial charge in [-0.05, 0) is 42.4 Å². The standard InChI is InChI=1S/C15H19N3O2S/c1-16-11-14-4-3-5-15(10-14)21(19,20)18(2)12-13-6-8-17-9-7-13/h3-10,16H,11-12H2,1-2H3. The van der Waals surface area contributed by atoms with Crippen molar-refractivity contribution in [3.63, 3.8) is 0 Å². The first-order valence-electron chi connectivity index (χ1n) is 6.63. The molecule has 0 saturated carbocycles. The number of aromatic nitrogens is 1. The molecule has 0 radical (unpaired) electrons. The van der Waals surface area contributed by atoms with Gasteiger partial charge in [0.05, 0.1) is 4.90 Å². The van der Waals surface area contributed by atoms with Crippen LogP contribution in [0.1, 0.15) is 11.1 Å². The fourth-order valence-corrected chi connectivity index (χ4v) is 3.26. The minimum atomic E-state index is -3.49. The molecule has 0 aliphatic rings. The van der Waals surface area contributed by atoms with Gasteiger partial charge in [0.15, 0.2) is 0 Å². The summed E-state index contributed by atoms with van der Waals surface area (Å²) in [5, 5.41) is 3.02. The highest BCUT2D eigenvalue weighted by atomic mass is 32.2. The number of pyridine rings is 1. The Labute approximate surface area is 125 Å². The second-order valence-corrected chi connectivity index (χ2v) is 6.84. The van der Waals surface area contributed by atoms with Gasteiger partial charge in [-0.2, -0.15) is 4.31 Å². The second-order valence-electron chi connectivity index (χ2n) is 4.79. The van der Waals surface area contributed by atoms with Gasteiger partial charge in [-0.25, -0.2) is 8.42 Å². The zero-order valence-corrected chi connectivity index (χ0v) is 13.0. The van der Waals surface area contributed by atoms with E-state index >= 15 is 0 Å². The lowest BCUT2D eigenvalue weighted by Gasteiger charge is -2.17. The van der Waals surface area contributed by atoms with Crippen molar-refractivity contribution in [2.45, 2.75) is 18.0 Å². The number of nitrogens with one attached hydrogen (secondary N) is 1. The van der Waals surface area contributed by atoms with Gasteiger partial charge in [-0.15, -0.1) is 0 Å². The van der Waals surface area contributed by atoms with Gasteiger partial charge >= 0.3 is 0 Å². The van der Waals surface area contributed by atoms with Crippen LogP contribution in [0.4, 0.5) is 0 Å². The summed E-state index contributed by atoms with van der Waals surface area (Å²) in [6, 6.07) is 10.6. The Kier molecular flexibility index (Phi) is 5.06. The number of hydrogen-bond acceptors (Lipinski definition) is 4. The van der Waals surface area contributed by atoms with E-state index in [2.05, 4.69) is 10.3 Å². The molecule has 0 spiro atoms. The smallest absolute Gasteiger partial charge is 0.243 e. The number of sulfonamides is 1. The molecule has 0 aliphatic carbocycles. The molecule has 0 atom stereocenters. The van der Waals surface area contributed by atoms with Crippen molar-refractivity contribution in [1.82, 2.24) is 14.6 Å². The summed E-state index contributed by atoms with van der Waals surface area (Å²) >= 11 is 0. The van der Waals surface area contributed by atoms with E-state index in [-0.39, 0.29) is 0 Å². The second kappa shape index (κ2) is 6.80. The Morgan fingerprint density at radius 1 is 1.14 bits per heavy atom. The van der Waals surface area contributed by atoms with Crippen LogP contribution in [0.25, 0.3) is 0 Å². The van der Waals surface area contributed by atoms with Gasteiger partial charge in [0.2, 0.25) is 10.0 Å². The van der Waals surface area contributed by atoms with Gasteiger partial charge in [-0.1, -0.05) is 12.1 Å². The molecule has 1 aromatic carbocycles. The SMILES string of the molecule is CNCc1cccc(S(=O)(=O)N(C)Cc2ccncc2)c1. The van der Waals surface area contributed by atoms with Crippen LogP contribution in [0.15, 0.2) is 53.7 Å². The molecule has 21 heavy (non-hydrogen) atoms. The monoisotopic (exact) mass is 305 g/mol. The minimum Gasteiger partial charge on any atom is -0.316 e. The number of rotatable bonds is 6. The lowest BCUT2D eigenvalue weighted by atomic mass is 10.2. The lowest BCUT2D eigenvalue weighted by Crippen LogP contribution is -2.26. The molecule has 2 rings (SSSR count). The van der Waals surface area contributed by atoms with Crippen molar-refractivity contribution in [2.24, 2.45) is 0 Å². The first-order chi connectivity index (χ1) is 10.0. The molecule has 6 heteroatoms. The molecule has 112 valence electrons. The van der Waals surface area contributed by atoms with Gasteiger partial charge < -0.3 is 5.32 Å². The van der Waals surface area contributed by atoms with Crippen molar-refractivity contribution in [3.8, 4) is 0 Å². The van der Waals surface area contributed by atoms with Gasteiger partial charge in [0, 0.05) is 32.5 Å². The highest BCUT2D eigenvalue weighted by Gasteiger charge is 2.21. The van der Waals surface area contributed by atoms with Gasteiger partial charge in [-0.3, -0.25) is 4.98 Å². The third-order valence-electron chi connectivity index (χ3n) is 3.14. The van der Waals surface area contributed by atoms with Crippen molar-refractivity contribution in [3.05, 3.63) is 59.9 Å². The molecule has 5 nitrogen and oxygen atoms in total. The molecule has 0 amide bonds. The summed E-state index contributed by atoms with van der Waals surface area (Å²) in [4.78, 5) is 4.24. The predicted molar refractivity (Wildman–Crippen MR) is 82.1 cm³/mol. The maximum Gasteiger partial charge on any atom is 0.243 e. The van der Waals surface area contributed by atoms with Gasteiger partial charge in [0.1, 0.15) is 0 Å². The van der Waals surface area contributed by atoms with E-state index in [1.807, 2.05) is 25.2 Å². The quantitative estimate of drug-likeness (QED) is 0.881. The van der Waals surface area contributed by atoms with E-state index < -0.39 is 10.0 Å². The summed E-state index contributed by atoms with van der Waals surface area (Å²) in [7, 11) is -0.0789. The average molecular weight is 305 g/mol. The van der Waals surface area contributed by atoms with Crippen molar-refractivity contribution >= 4 is 10.0 Å². The largest absolute Gasteiger partial charge is 0.316 e. The van der Waals surface area contributed by atoms with Crippen LogP contribution >= 0.6 is 0 Å². The minimum absolute atomic E-state index is 0.312. The maximum atomic E-state index is 12.6. The van der Waals surface area contributed by atoms with Crippen LogP contribution in [0.2, 0.25) is 0 Å². The Morgan fingerprint density at radius 2 is 1.86 bits per heavy atom. The zero-order chi connectivity index (χ0) is 15.3. The molecule has 0 aliphatic heterocycles. The van der Waals surface area contributed by atoms with Crippen LogP contribution < -0.4 is 5.32 Å². The molecule has 2 aromatic rings. The van der Waals surface area contributed by atoms with Crippen LogP contribution in [-0.4, -0.2) is 31.8 Å². The Balaban J connectivity index is 2.22. The highest BCUT2D eigenvalue weighted by molar-refractivity contribution is 7.89. The van der Waals surface area contributed by atoms with Crippen molar-refractivity contribution < 1.29 is 8.42 Å². The zero-order valence-electron chi connectivity index (χ0n) is 12.2. The fraction of sp³-hybridized carbons (Fsp3) is 0.267. The molecule has 0 unspecified atom stereocenters. The molecular formula is C15H19N3O2S. The van der Waals surface area contributed by atoms with E-state index in [1.54, 1.807) is 37.6 Å². The van der Waals surface area contributed by atoms with Crippen molar-refractivity contribution in [2.75, 3.05) is 14.1 Å². The van der Waals surface area contributed by atoms with Crippen LogP contribution in [0.5, 0.6) is 0 Å². The molecule has 1 heterocycles. The Hall–Kier alpha value is -1.76. The number of nitrogens with zero attached hydrogens (tertiary/aromatic N) is 2. The van der Waals surface area contributed by atoms with E-state index in [0.29, 0.717) is 18.0 Å². The Bertz CT molecular complexity index is 687. The van der Waals surface area contributed by atoms with Crippen LogP contribution in [-0.2, 0) is 23.1 Å². The van der Waals surface area contributed by atoms with Crippen molar-refractivity contribution in [1.29, 1.82) is 0 Å². The molecule has 0 saturated heterocycles. The van der Waals surface area contributed by atoms with E-state index in [9.17, 15) is 8.42 Å². The van der Waals surface area contributed by atoms with E-state index in [4.69, 9.17) is 0 Å². The normalized spacial score (nSPS) is 11.8. The van der Waals surface area contributed by atoms with Gasteiger partial charge in [0.25, 0.3) is 0 Å². The maximum absolute atomic E-state index is 12.6. The number of benzene rings is 1. The van der Waals surface area contributed by atoms with E-state index in [0.717, 1.165) is 11.1 Å². The lowest BCUT2D eigenvalue weighted by molar-refractivity contribution is 0.466. The summed E-state index contributed by atoms with van der Waals surface area (Å²) in [5.74, 6) is 0. The molecule has 1 N–H and O–H groups in total. The van der Waals surface area contributed by atoms with Crippen LogP contribution in [0.3, 0.4) is 0 Å². The Morgan fingerprint density at radius 3 is 2.52 bits per heavy atom. The first kappa shape index (κ1) is 15.6. The third-order valence-corrected chi connectivity index (χ3v) is 4.94. The van der Waals surface area contributed by atoms with Crippen LogP contribution in [0, 0.1) is 0 Å². The fourth-order valence-electron chi connectivity index (χ4n) is 2.03. The molecular weight excluding hydrogens is 286 g/mol. The third kappa shape index (κ3) is 3.87. The summed E-state index contributed by atoms with van der Waals surface area (Å²) < 4.78 is 26.5. The molecule has 1 aromatic heterocycles. The summed E-state index contributed by atoms with van der Waals surface area (Å²) in [5.41, 5.74) is 1.85. The highest BCUT2D eigenvalue weighted by Crippen LogP contribution is 2.17. The summed E-state index contributed by atoms with van der Waals surface area (Å²) in [6.07, 6.45) is 3.31. The topological polar surface area (TPSA) is 62.3 Å². The molecule has 0 fully saturated rings. The summed E-state index contributed by atoms with van der Waals surface area (Å²) in [6.45, 7) is 0.957. The first-order valence-corrected chi connectivity index (χ1v) is 8.07. The average Bonchev–Trinajstić information content (AvgIpc) is 2.49.